The summed E-state index contributed by atoms with van der Waals surface area (Å²) in [7, 11) is 0. The van der Waals surface area contributed by atoms with Crippen LogP contribution < -0.4 is 20.1 Å². The maximum absolute atomic E-state index is 13.4. The summed E-state index contributed by atoms with van der Waals surface area (Å²) in [4.78, 5) is 40.6. The van der Waals surface area contributed by atoms with Crippen LogP contribution in [0.4, 0.5) is 4.79 Å². The van der Waals surface area contributed by atoms with Gasteiger partial charge in [-0.1, -0.05) is 43.2 Å². The van der Waals surface area contributed by atoms with Crippen LogP contribution in [0.5, 0.6) is 11.5 Å². The molecule has 2 aromatic rings. The summed E-state index contributed by atoms with van der Waals surface area (Å²) in [6.07, 6.45) is 5.26. The first-order valence-corrected chi connectivity index (χ1v) is 12.4. The van der Waals surface area contributed by atoms with Gasteiger partial charge in [-0.3, -0.25) is 14.5 Å². The Morgan fingerprint density at radius 2 is 1.71 bits per heavy atom. The molecule has 2 aliphatic carbocycles. The van der Waals surface area contributed by atoms with Crippen LogP contribution in [-0.4, -0.2) is 48.0 Å². The van der Waals surface area contributed by atoms with Crippen LogP contribution >= 0.6 is 0 Å². The quantitative estimate of drug-likeness (QED) is 0.663. The van der Waals surface area contributed by atoms with Crippen molar-refractivity contribution in [2.24, 2.45) is 0 Å². The van der Waals surface area contributed by atoms with E-state index >= 15 is 0 Å². The first-order chi connectivity index (χ1) is 17.0. The number of amides is 4. The number of imide groups is 1. The number of carbonyl (C=O) groups excluding carboxylic acids is 3. The summed E-state index contributed by atoms with van der Waals surface area (Å²) in [5.41, 5.74) is 1.73. The lowest BCUT2D eigenvalue weighted by Crippen LogP contribution is -2.52. The van der Waals surface area contributed by atoms with Crippen molar-refractivity contribution >= 4 is 17.8 Å². The van der Waals surface area contributed by atoms with E-state index in [4.69, 9.17) is 9.47 Å². The lowest BCUT2D eigenvalue weighted by atomic mass is 9.78. The number of hydrogen-bond acceptors (Lipinski definition) is 5. The van der Waals surface area contributed by atoms with Gasteiger partial charge in [0.05, 0.1) is 5.54 Å². The monoisotopic (exact) mass is 475 g/mol. The smallest absolute Gasteiger partial charge is 0.325 e. The first-order valence-electron chi connectivity index (χ1n) is 12.4. The van der Waals surface area contributed by atoms with E-state index in [-0.39, 0.29) is 18.4 Å². The normalized spacial score (nSPS) is 24.3. The summed E-state index contributed by atoms with van der Waals surface area (Å²) in [6, 6.07) is 13.3. The third-order valence-electron chi connectivity index (χ3n) is 7.91. The van der Waals surface area contributed by atoms with Gasteiger partial charge in [0.15, 0.2) is 11.5 Å². The highest BCUT2D eigenvalue weighted by Gasteiger charge is 2.53. The zero-order valence-corrected chi connectivity index (χ0v) is 19.6. The number of benzene rings is 2. The fraction of sp³-hybridized carbons (Fsp3) is 0.444. The van der Waals surface area contributed by atoms with Gasteiger partial charge in [-0.2, -0.15) is 0 Å². The van der Waals surface area contributed by atoms with Gasteiger partial charge < -0.3 is 20.1 Å². The van der Waals surface area contributed by atoms with Crippen molar-refractivity contribution in [3.8, 4) is 11.5 Å². The first kappa shape index (κ1) is 21.9. The fourth-order valence-corrected chi connectivity index (χ4v) is 6.10. The Labute approximate surface area is 204 Å². The van der Waals surface area contributed by atoms with Crippen LogP contribution in [0.25, 0.3) is 0 Å². The van der Waals surface area contributed by atoms with Gasteiger partial charge in [-0.15, -0.1) is 0 Å². The van der Waals surface area contributed by atoms with Crippen molar-refractivity contribution in [2.75, 3.05) is 19.8 Å². The fourth-order valence-electron chi connectivity index (χ4n) is 6.10. The van der Waals surface area contributed by atoms with Crippen molar-refractivity contribution in [2.45, 2.75) is 56.0 Å². The number of rotatable bonds is 4. The molecule has 1 saturated carbocycles. The minimum Gasteiger partial charge on any atom is -0.486 e. The van der Waals surface area contributed by atoms with Crippen LogP contribution in [0.2, 0.25) is 0 Å². The van der Waals surface area contributed by atoms with E-state index in [2.05, 4.69) is 16.7 Å². The Hall–Kier alpha value is -3.55. The third kappa shape index (κ3) is 3.72. The van der Waals surface area contributed by atoms with Crippen LogP contribution in [0.15, 0.2) is 42.5 Å². The van der Waals surface area contributed by atoms with Crippen molar-refractivity contribution in [1.82, 2.24) is 15.5 Å². The maximum atomic E-state index is 13.4. The Morgan fingerprint density at radius 3 is 2.51 bits per heavy atom. The lowest BCUT2D eigenvalue weighted by molar-refractivity contribution is -0.135. The average Bonchev–Trinajstić information content (AvgIpc) is 3.43. The van der Waals surface area contributed by atoms with Gasteiger partial charge in [0.2, 0.25) is 5.91 Å². The lowest BCUT2D eigenvalue weighted by Gasteiger charge is -2.33. The molecule has 8 nitrogen and oxygen atoms in total. The predicted molar refractivity (Wildman–Crippen MR) is 127 cm³/mol. The van der Waals surface area contributed by atoms with Crippen molar-refractivity contribution in [3.63, 3.8) is 0 Å². The van der Waals surface area contributed by atoms with Crippen LogP contribution in [0.3, 0.4) is 0 Å². The molecule has 0 radical (unpaired) electrons. The highest BCUT2D eigenvalue weighted by Crippen LogP contribution is 2.42. The molecule has 6 rings (SSSR count). The van der Waals surface area contributed by atoms with Crippen LogP contribution in [0.1, 0.15) is 48.8 Å². The molecule has 1 spiro atoms. The van der Waals surface area contributed by atoms with Crippen LogP contribution in [0, 0.1) is 0 Å². The van der Waals surface area contributed by atoms with E-state index < -0.39 is 17.1 Å². The molecule has 2 N–H and O–H groups in total. The number of fused-ring (bicyclic) bond motifs is 2. The summed E-state index contributed by atoms with van der Waals surface area (Å²) in [5, 5.41) is 6.09. The molecule has 2 fully saturated rings. The number of nitrogens with zero attached hydrogens (tertiary/aromatic N) is 1. The van der Waals surface area contributed by atoms with Gasteiger partial charge in [0.1, 0.15) is 25.3 Å². The summed E-state index contributed by atoms with van der Waals surface area (Å²) in [6.45, 7) is 0.724. The molecule has 1 unspecified atom stereocenters. The van der Waals surface area contributed by atoms with Crippen molar-refractivity contribution in [3.05, 3.63) is 59.2 Å². The van der Waals surface area contributed by atoms with E-state index in [0.29, 0.717) is 37.6 Å². The average molecular weight is 476 g/mol. The number of hydrogen-bond donors (Lipinski definition) is 2. The Bertz CT molecular complexity index is 1210. The van der Waals surface area contributed by atoms with Gasteiger partial charge in [0, 0.05) is 6.42 Å². The zero-order valence-electron chi connectivity index (χ0n) is 19.6. The molecule has 4 aliphatic rings. The molecule has 182 valence electrons. The van der Waals surface area contributed by atoms with E-state index in [0.717, 1.165) is 48.1 Å². The second-order valence-electron chi connectivity index (χ2n) is 10.0. The van der Waals surface area contributed by atoms with Gasteiger partial charge in [-0.25, -0.2) is 4.79 Å². The second-order valence-corrected chi connectivity index (χ2v) is 10.0. The number of aryl methyl sites for hydroxylation is 1. The summed E-state index contributed by atoms with van der Waals surface area (Å²) >= 11 is 0. The van der Waals surface area contributed by atoms with E-state index in [9.17, 15) is 14.4 Å². The Morgan fingerprint density at radius 1 is 0.971 bits per heavy atom. The second kappa shape index (κ2) is 8.29. The number of nitrogens with one attached hydrogen (secondary N) is 2. The molecule has 1 saturated heterocycles. The highest BCUT2D eigenvalue weighted by molar-refractivity contribution is 6.09. The molecule has 2 aromatic carbocycles. The number of ether oxygens (including phenoxy) is 2. The van der Waals surface area contributed by atoms with E-state index in [1.54, 1.807) is 0 Å². The SMILES string of the molecule is O=C(CN1C(=O)NC2(CCc3ccccc3C2)C1=O)NC1(c2ccc3c(c2)OCCO3)CCCC1. The van der Waals surface area contributed by atoms with Crippen molar-refractivity contribution < 1.29 is 23.9 Å². The van der Waals surface area contributed by atoms with Gasteiger partial charge in [-0.05, 0) is 54.5 Å². The molecular weight excluding hydrogens is 446 g/mol. The Balaban J connectivity index is 1.19. The summed E-state index contributed by atoms with van der Waals surface area (Å²) in [5.74, 6) is 0.742. The van der Waals surface area contributed by atoms with Gasteiger partial charge >= 0.3 is 6.03 Å². The molecule has 35 heavy (non-hydrogen) atoms. The molecule has 4 amide bonds. The molecular formula is C27H29N3O5. The minimum absolute atomic E-state index is 0.291. The predicted octanol–water partition coefficient (Wildman–Crippen LogP) is 2.82. The zero-order chi connectivity index (χ0) is 24.0. The molecule has 1 atom stereocenters. The molecule has 8 heteroatoms. The molecule has 0 aromatic heterocycles. The number of urea groups is 1. The van der Waals surface area contributed by atoms with E-state index in [1.165, 1.54) is 5.56 Å². The molecule has 2 aliphatic heterocycles. The highest BCUT2D eigenvalue weighted by atomic mass is 16.6. The van der Waals surface area contributed by atoms with Crippen LogP contribution in [-0.2, 0) is 28.0 Å². The van der Waals surface area contributed by atoms with Crippen molar-refractivity contribution in [1.29, 1.82) is 0 Å². The van der Waals surface area contributed by atoms with E-state index in [1.807, 2.05) is 36.4 Å². The van der Waals surface area contributed by atoms with Gasteiger partial charge in [0.25, 0.3) is 5.91 Å². The summed E-state index contributed by atoms with van der Waals surface area (Å²) < 4.78 is 11.4. The molecule has 0 bridgehead atoms. The largest absolute Gasteiger partial charge is 0.486 e. The minimum atomic E-state index is -0.966. The Kier molecular flexibility index (Phi) is 5.20. The molecule has 2 heterocycles. The topological polar surface area (TPSA) is 97.0 Å². The third-order valence-corrected chi connectivity index (χ3v) is 7.91. The maximum Gasteiger partial charge on any atom is 0.325 e. The standard InChI is InChI=1S/C27H29N3O5/c31-23(28-26(10-3-4-11-26)20-7-8-21-22(15-20)35-14-13-34-21)17-30-24(32)27(29-25(30)33)12-9-18-5-1-2-6-19(18)16-27/h1-2,5-8,15H,3-4,9-14,16-17H2,(H,28,31)(H,29,33). The number of carbonyl (C=O) groups is 3.